The van der Waals surface area contributed by atoms with E-state index in [2.05, 4.69) is 34.4 Å². The third-order valence-electron chi connectivity index (χ3n) is 4.22. The maximum Gasteiger partial charge on any atom is 0.324 e. The van der Waals surface area contributed by atoms with E-state index in [1.54, 1.807) is 0 Å². The highest BCUT2D eigenvalue weighted by Gasteiger charge is 2.31. The van der Waals surface area contributed by atoms with Crippen LogP contribution in [0, 0.1) is 5.92 Å². The van der Waals surface area contributed by atoms with E-state index in [-0.39, 0.29) is 18.0 Å². The predicted octanol–water partition coefficient (Wildman–Crippen LogP) is 2.40. The first-order valence-electron chi connectivity index (χ1n) is 8.59. The van der Waals surface area contributed by atoms with Crippen molar-refractivity contribution >= 4 is 28.7 Å². The van der Waals surface area contributed by atoms with Crippen LogP contribution in [0.1, 0.15) is 26.7 Å². The molecule has 0 bridgehead atoms. The number of imide groups is 1. The molecular weight excluding hydrogens is 318 g/mol. The van der Waals surface area contributed by atoms with Crippen molar-refractivity contribution in [3.8, 4) is 0 Å². The zero-order chi connectivity index (χ0) is 17.8. The molecule has 3 amide bonds. The van der Waals surface area contributed by atoms with Crippen LogP contribution in [0.2, 0.25) is 0 Å². The van der Waals surface area contributed by atoms with Crippen LogP contribution in [-0.4, -0.2) is 45.9 Å². The van der Waals surface area contributed by atoms with Crippen molar-refractivity contribution in [1.29, 1.82) is 0 Å². The van der Waals surface area contributed by atoms with E-state index in [1.807, 2.05) is 24.3 Å². The molecule has 1 aromatic carbocycles. The third kappa shape index (κ3) is 4.04. The van der Waals surface area contributed by atoms with Crippen LogP contribution in [0.25, 0.3) is 10.9 Å². The molecule has 132 valence electrons. The summed E-state index contributed by atoms with van der Waals surface area (Å²) in [5.41, 5.74) is 0.850. The molecule has 2 aromatic rings. The first kappa shape index (κ1) is 17.1. The minimum Gasteiger partial charge on any atom is -0.368 e. The predicted molar refractivity (Wildman–Crippen MR) is 96.1 cm³/mol. The standard InChI is InChI=1S/C18H23N5O2/c1-12(2)9-13-10-16(24)23(18(25)22-13)8-7-19-17-14-5-3-4-6-15(14)20-11-21-17/h3-6,11-13H,7-10H2,1-2H3,(H,22,25)(H,19,20,21)/t13-/m1/s1. The fourth-order valence-corrected chi connectivity index (χ4v) is 3.11. The van der Waals surface area contributed by atoms with E-state index in [0.717, 1.165) is 17.3 Å². The molecule has 1 fully saturated rings. The van der Waals surface area contributed by atoms with Gasteiger partial charge < -0.3 is 10.6 Å². The lowest BCUT2D eigenvalue weighted by molar-refractivity contribution is -0.130. The quantitative estimate of drug-likeness (QED) is 0.842. The van der Waals surface area contributed by atoms with Gasteiger partial charge in [-0.05, 0) is 24.5 Å². The van der Waals surface area contributed by atoms with Crippen LogP contribution >= 0.6 is 0 Å². The Bertz CT molecular complexity index is 754. The Morgan fingerprint density at radius 2 is 2.08 bits per heavy atom. The average molecular weight is 341 g/mol. The minimum atomic E-state index is -0.309. The molecule has 3 rings (SSSR count). The van der Waals surface area contributed by atoms with Gasteiger partial charge in [0.05, 0.1) is 5.52 Å². The van der Waals surface area contributed by atoms with Gasteiger partial charge in [0.15, 0.2) is 0 Å². The molecule has 7 nitrogen and oxygen atoms in total. The smallest absolute Gasteiger partial charge is 0.324 e. The highest BCUT2D eigenvalue weighted by atomic mass is 16.2. The number of fused-ring (bicyclic) bond motifs is 1. The second kappa shape index (κ2) is 7.46. The van der Waals surface area contributed by atoms with E-state index < -0.39 is 0 Å². The first-order chi connectivity index (χ1) is 12.0. The molecule has 2 N–H and O–H groups in total. The Labute approximate surface area is 146 Å². The zero-order valence-corrected chi connectivity index (χ0v) is 14.5. The number of anilines is 1. The fraction of sp³-hybridized carbons (Fsp3) is 0.444. The van der Waals surface area contributed by atoms with Gasteiger partial charge in [0.1, 0.15) is 12.1 Å². The number of amides is 3. The van der Waals surface area contributed by atoms with Gasteiger partial charge in [-0.1, -0.05) is 26.0 Å². The third-order valence-corrected chi connectivity index (χ3v) is 4.22. The van der Waals surface area contributed by atoms with E-state index in [4.69, 9.17) is 0 Å². The number of hydrogen-bond donors (Lipinski definition) is 2. The summed E-state index contributed by atoms with van der Waals surface area (Å²) < 4.78 is 0. The molecular formula is C18H23N5O2. The minimum absolute atomic E-state index is 0.0602. The van der Waals surface area contributed by atoms with Crippen LogP contribution in [0.3, 0.4) is 0 Å². The van der Waals surface area contributed by atoms with Crippen molar-refractivity contribution in [2.24, 2.45) is 5.92 Å². The maximum absolute atomic E-state index is 12.3. The Morgan fingerprint density at radius 1 is 1.28 bits per heavy atom. The molecule has 0 aliphatic carbocycles. The molecule has 0 unspecified atom stereocenters. The van der Waals surface area contributed by atoms with Gasteiger partial charge in [0, 0.05) is 30.9 Å². The van der Waals surface area contributed by atoms with Gasteiger partial charge in [-0.2, -0.15) is 0 Å². The fourth-order valence-electron chi connectivity index (χ4n) is 3.11. The molecule has 0 radical (unpaired) electrons. The van der Waals surface area contributed by atoms with Gasteiger partial charge in [-0.25, -0.2) is 14.8 Å². The number of urea groups is 1. The van der Waals surface area contributed by atoms with Crippen molar-refractivity contribution in [1.82, 2.24) is 20.2 Å². The zero-order valence-electron chi connectivity index (χ0n) is 14.5. The Hall–Kier alpha value is -2.70. The number of nitrogens with one attached hydrogen (secondary N) is 2. The first-order valence-corrected chi connectivity index (χ1v) is 8.59. The Kier molecular flexibility index (Phi) is 5.11. The molecule has 1 saturated heterocycles. The van der Waals surface area contributed by atoms with Crippen LogP contribution in [-0.2, 0) is 4.79 Å². The summed E-state index contributed by atoms with van der Waals surface area (Å²) in [4.78, 5) is 34.2. The van der Waals surface area contributed by atoms with Crippen molar-refractivity contribution in [2.75, 3.05) is 18.4 Å². The van der Waals surface area contributed by atoms with E-state index in [1.165, 1.54) is 11.2 Å². The largest absolute Gasteiger partial charge is 0.368 e. The van der Waals surface area contributed by atoms with Crippen molar-refractivity contribution in [3.05, 3.63) is 30.6 Å². The van der Waals surface area contributed by atoms with Crippen LogP contribution in [0.5, 0.6) is 0 Å². The highest BCUT2D eigenvalue weighted by molar-refractivity contribution is 5.97. The summed E-state index contributed by atoms with van der Waals surface area (Å²) >= 11 is 0. The van der Waals surface area contributed by atoms with E-state index in [0.29, 0.717) is 31.2 Å². The van der Waals surface area contributed by atoms with Crippen molar-refractivity contribution < 1.29 is 9.59 Å². The Morgan fingerprint density at radius 3 is 2.84 bits per heavy atom. The number of nitrogens with zero attached hydrogens (tertiary/aromatic N) is 3. The average Bonchev–Trinajstić information content (AvgIpc) is 2.57. The number of carbonyl (C=O) groups is 2. The molecule has 1 atom stereocenters. The second-order valence-corrected chi connectivity index (χ2v) is 6.69. The van der Waals surface area contributed by atoms with Gasteiger partial charge in [-0.3, -0.25) is 9.69 Å². The summed E-state index contributed by atoms with van der Waals surface area (Å²) in [6, 6.07) is 7.33. The summed E-state index contributed by atoms with van der Waals surface area (Å²) in [7, 11) is 0. The number of benzene rings is 1. The molecule has 2 heterocycles. The molecule has 1 aliphatic heterocycles. The second-order valence-electron chi connectivity index (χ2n) is 6.69. The molecule has 7 heteroatoms. The van der Waals surface area contributed by atoms with Gasteiger partial charge in [0.2, 0.25) is 5.91 Å². The lowest BCUT2D eigenvalue weighted by Gasteiger charge is -2.32. The lowest BCUT2D eigenvalue weighted by Crippen LogP contribution is -2.55. The van der Waals surface area contributed by atoms with Crippen molar-refractivity contribution in [2.45, 2.75) is 32.7 Å². The summed E-state index contributed by atoms with van der Waals surface area (Å²) in [5.74, 6) is 1.02. The number of aromatic nitrogens is 2. The highest BCUT2D eigenvalue weighted by Crippen LogP contribution is 2.18. The van der Waals surface area contributed by atoms with E-state index in [9.17, 15) is 9.59 Å². The molecule has 1 aliphatic rings. The van der Waals surface area contributed by atoms with Crippen LogP contribution < -0.4 is 10.6 Å². The number of para-hydroxylation sites is 1. The maximum atomic E-state index is 12.3. The number of hydrogen-bond acceptors (Lipinski definition) is 5. The summed E-state index contributed by atoms with van der Waals surface area (Å²) in [6.45, 7) is 4.91. The van der Waals surface area contributed by atoms with Gasteiger partial charge in [0.25, 0.3) is 0 Å². The normalized spacial score (nSPS) is 17.9. The van der Waals surface area contributed by atoms with Gasteiger partial charge in [-0.15, -0.1) is 0 Å². The summed E-state index contributed by atoms with van der Waals surface area (Å²) in [6.07, 6.45) is 2.68. The van der Waals surface area contributed by atoms with Crippen LogP contribution in [0.4, 0.5) is 10.6 Å². The SMILES string of the molecule is CC(C)C[C@@H]1CC(=O)N(CCNc2ncnc3ccccc23)C(=O)N1. The molecule has 0 spiro atoms. The summed E-state index contributed by atoms with van der Waals surface area (Å²) in [5, 5.41) is 7.03. The van der Waals surface area contributed by atoms with Gasteiger partial charge >= 0.3 is 6.03 Å². The number of rotatable bonds is 6. The monoisotopic (exact) mass is 341 g/mol. The molecule has 25 heavy (non-hydrogen) atoms. The van der Waals surface area contributed by atoms with Crippen molar-refractivity contribution in [3.63, 3.8) is 0 Å². The lowest BCUT2D eigenvalue weighted by atomic mass is 9.99. The Balaban J connectivity index is 1.58. The topological polar surface area (TPSA) is 87.2 Å². The molecule has 0 saturated carbocycles. The molecule has 1 aromatic heterocycles. The number of carbonyl (C=O) groups excluding carboxylic acids is 2. The van der Waals surface area contributed by atoms with E-state index >= 15 is 0 Å². The van der Waals surface area contributed by atoms with Crippen LogP contribution in [0.15, 0.2) is 30.6 Å².